The summed E-state index contributed by atoms with van der Waals surface area (Å²) in [5.74, 6) is 0.267. The van der Waals surface area contributed by atoms with Crippen LogP contribution in [0.5, 0.6) is 5.75 Å². The van der Waals surface area contributed by atoms with Gasteiger partial charge in [0, 0.05) is 11.4 Å². The summed E-state index contributed by atoms with van der Waals surface area (Å²) in [5, 5.41) is 17.0. The summed E-state index contributed by atoms with van der Waals surface area (Å²) in [7, 11) is 0. The molecule has 0 atom stereocenters. The molecule has 30 heavy (non-hydrogen) atoms. The van der Waals surface area contributed by atoms with E-state index in [1.807, 2.05) is 6.92 Å². The van der Waals surface area contributed by atoms with Crippen LogP contribution in [0.25, 0.3) is 0 Å². The first kappa shape index (κ1) is 20.8. The Bertz CT molecular complexity index is 1040. The Labute approximate surface area is 168 Å². The number of alkyl halides is 3. The summed E-state index contributed by atoms with van der Waals surface area (Å²) < 4.78 is 44.1. The standard InChI is InChI=1S/C19H16F3N5O3/c1-2-30-15-8-6-13(7-9-15)25-17-16(27(28)29)18(24-11-23-17)26-14-5-3-4-12(10-14)19(20,21)22/h3-11H,2H2,1H3,(H2,23,24,25,26). The maximum atomic E-state index is 12.9. The lowest BCUT2D eigenvalue weighted by molar-refractivity contribution is -0.383. The van der Waals surface area contributed by atoms with E-state index in [2.05, 4.69) is 20.6 Å². The van der Waals surface area contributed by atoms with Crippen LogP contribution in [0, 0.1) is 10.1 Å². The number of hydrogen-bond acceptors (Lipinski definition) is 7. The van der Waals surface area contributed by atoms with E-state index in [0.29, 0.717) is 18.0 Å². The molecule has 3 aromatic rings. The molecule has 2 N–H and O–H groups in total. The van der Waals surface area contributed by atoms with Gasteiger partial charge in [-0.15, -0.1) is 0 Å². The van der Waals surface area contributed by atoms with Crippen LogP contribution in [-0.2, 0) is 6.18 Å². The zero-order chi connectivity index (χ0) is 21.7. The van der Waals surface area contributed by atoms with Crippen molar-refractivity contribution in [1.29, 1.82) is 0 Å². The van der Waals surface area contributed by atoms with Crippen molar-refractivity contribution in [3.05, 3.63) is 70.5 Å². The second-order valence-electron chi connectivity index (χ2n) is 5.96. The summed E-state index contributed by atoms with van der Waals surface area (Å²) in [4.78, 5) is 18.6. The molecule has 0 saturated carbocycles. The fraction of sp³-hybridized carbons (Fsp3) is 0.158. The topological polar surface area (TPSA) is 102 Å². The van der Waals surface area contributed by atoms with Gasteiger partial charge < -0.3 is 15.4 Å². The molecule has 0 amide bonds. The minimum Gasteiger partial charge on any atom is -0.494 e. The molecule has 8 nitrogen and oxygen atoms in total. The average Bonchev–Trinajstić information content (AvgIpc) is 2.69. The molecule has 0 aliphatic carbocycles. The second kappa shape index (κ2) is 8.64. The number of nitrogens with zero attached hydrogens (tertiary/aromatic N) is 3. The van der Waals surface area contributed by atoms with E-state index in [0.717, 1.165) is 18.5 Å². The Morgan fingerprint density at radius 2 is 1.67 bits per heavy atom. The van der Waals surface area contributed by atoms with Crippen molar-refractivity contribution in [3.63, 3.8) is 0 Å². The quantitative estimate of drug-likeness (QED) is 0.396. The van der Waals surface area contributed by atoms with E-state index in [-0.39, 0.29) is 17.3 Å². The third-order valence-corrected chi connectivity index (χ3v) is 3.89. The predicted molar refractivity (Wildman–Crippen MR) is 104 cm³/mol. The number of hydrogen-bond donors (Lipinski definition) is 2. The van der Waals surface area contributed by atoms with Crippen molar-refractivity contribution in [2.24, 2.45) is 0 Å². The summed E-state index contributed by atoms with van der Waals surface area (Å²) in [6.07, 6.45) is -3.48. The van der Waals surface area contributed by atoms with Crippen molar-refractivity contribution < 1.29 is 22.8 Å². The van der Waals surface area contributed by atoms with Crippen LogP contribution in [0.15, 0.2) is 54.9 Å². The van der Waals surface area contributed by atoms with E-state index < -0.39 is 22.4 Å². The van der Waals surface area contributed by atoms with Crippen LogP contribution in [0.2, 0.25) is 0 Å². The third kappa shape index (κ3) is 4.93. The molecule has 3 rings (SSSR count). The minimum absolute atomic E-state index is 0.00126. The summed E-state index contributed by atoms with van der Waals surface area (Å²) in [6.45, 7) is 2.34. The molecule has 2 aromatic carbocycles. The summed E-state index contributed by atoms with van der Waals surface area (Å²) >= 11 is 0. The van der Waals surface area contributed by atoms with Crippen molar-refractivity contribution in [2.75, 3.05) is 17.2 Å². The van der Waals surface area contributed by atoms with Crippen molar-refractivity contribution >= 4 is 28.7 Å². The van der Waals surface area contributed by atoms with E-state index in [4.69, 9.17) is 4.74 Å². The van der Waals surface area contributed by atoms with Gasteiger partial charge in [-0.3, -0.25) is 10.1 Å². The zero-order valence-corrected chi connectivity index (χ0v) is 15.6. The van der Waals surface area contributed by atoms with E-state index in [9.17, 15) is 23.3 Å². The fourth-order valence-electron chi connectivity index (χ4n) is 2.58. The van der Waals surface area contributed by atoms with E-state index >= 15 is 0 Å². The number of halogens is 3. The van der Waals surface area contributed by atoms with Gasteiger partial charge in [0.1, 0.15) is 12.1 Å². The summed E-state index contributed by atoms with van der Waals surface area (Å²) in [6, 6.07) is 10.9. The maximum absolute atomic E-state index is 12.9. The lowest BCUT2D eigenvalue weighted by atomic mass is 10.2. The smallest absolute Gasteiger partial charge is 0.416 e. The maximum Gasteiger partial charge on any atom is 0.416 e. The number of aromatic nitrogens is 2. The molecule has 0 aliphatic rings. The molecule has 0 spiro atoms. The number of rotatable bonds is 7. The van der Waals surface area contributed by atoms with Crippen LogP contribution in [0.4, 0.5) is 41.9 Å². The van der Waals surface area contributed by atoms with Gasteiger partial charge in [0.15, 0.2) is 0 Å². The zero-order valence-electron chi connectivity index (χ0n) is 15.6. The molecule has 1 aromatic heterocycles. The van der Waals surface area contributed by atoms with Gasteiger partial charge in [0.05, 0.1) is 17.1 Å². The fourth-order valence-corrected chi connectivity index (χ4v) is 2.58. The molecule has 156 valence electrons. The number of nitro groups is 1. The van der Waals surface area contributed by atoms with Crippen LogP contribution in [0.1, 0.15) is 12.5 Å². The number of nitrogens with one attached hydrogen (secondary N) is 2. The summed E-state index contributed by atoms with van der Waals surface area (Å²) in [5.41, 5.74) is -0.898. The minimum atomic E-state index is -4.55. The Balaban J connectivity index is 1.91. The molecule has 0 unspecified atom stereocenters. The van der Waals surface area contributed by atoms with Gasteiger partial charge in [-0.1, -0.05) is 6.07 Å². The van der Waals surface area contributed by atoms with Gasteiger partial charge in [0.2, 0.25) is 11.6 Å². The molecule has 0 radical (unpaired) electrons. The monoisotopic (exact) mass is 419 g/mol. The van der Waals surface area contributed by atoms with Crippen LogP contribution in [-0.4, -0.2) is 21.5 Å². The molecule has 1 heterocycles. The van der Waals surface area contributed by atoms with Gasteiger partial charge in [-0.25, -0.2) is 9.97 Å². The predicted octanol–water partition coefficient (Wildman–Crippen LogP) is 5.29. The van der Waals surface area contributed by atoms with Gasteiger partial charge in [0.25, 0.3) is 0 Å². The second-order valence-corrected chi connectivity index (χ2v) is 5.96. The Morgan fingerprint density at radius 3 is 2.23 bits per heavy atom. The lowest BCUT2D eigenvalue weighted by Gasteiger charge is -2.12. The van der Waals surface area contributed by atoms with Crippen LogP contribution >= 0.6 is 0 Å². The Kier molecular flexibility index (Phi) is 6.00. The molecule has 0 saturated heterocycles. The highest BCUT2D eigenvalue weighted by atomic mass is 19.4. The van der Waals surface area contributed by atoms with Gasteiger partial charge in [-0.2, -0.15) is 13.2 Å². The first-order valence-electron chi connectivity index (χ1n) is 8.71. The number of ether oxygens (including phenoxy) is 1. The van der Waals surface area contributed by atoms with E-state index in [1.165, 1.54) is 12.1 Å². The van der Waals surface area contributed by atoms with Crippen LogP contribution < -0.4 is 15.4 Å². The molecular weight excluding hydrogens is 403 g/mol. The first-order valence-corrected chi connectivity index (χ1v) is 8.71. The Morgan fingerprint density at radius 1 is 1.03 bits per heavy atom. The van der Waals surface area contributed by atoms with Crippen LogP contribution in [0.3, 0.4) is 0 Å². The third-order valence-electron chi connectivity index (χ3n) is 3.89. The molecule has 0 fully saturated rings. The highest BCUT2D eigenvalue weighted by molar-refractivity contribution is 5.76. The molecular formula is C19H16F3N5O3. The molecule has 11 heteroatoms. The normalized spacial score (nSPS) is 11.1. The largest absolute Gasteiger partial charge is 0.494 e. The van der Waals surface area contributed by atoms with Gasteiger partial charge >= 0.3 is 11.9 Å². The highest BCUT2D eigenvalue weighted by Gasteiger charge is 2.31. The lowest BCUT2D eigenvalue weighted by Crippen LogP contribution is -2.07. The molecule has 0 bridgehead atoms. The number of anilines is 4. The number of benzene rings is 2. The van der Waals surface area contributed by atoms with Crippen molar-refractivity contribution in [2.45, 2.75) is 13.1 Å². The van der Waals surface area contributed by atoms with Crippen molar-refractivity contribution in [3.8, 4) is 5.75 Å². The van der Waals surface area contributed by atoms with E-state index in [1.54, 1.807) is 24.3 Å². The first-order chi connectivity index (χ1) is 14.3. The SMILES string of the molecule is CCOc1ccc(Nc2ncnc(Nc3cccc(C(F)(F)F)c3)c2[N+](=O)[O-])cc1. The molecule has 0 aliphatic heterocycles. The Hall–Kier alpha value is -3.89. The van der Waals surface area contributed by atoms with Crippen molar-refractivity contribution in [1.82, 2.24) is 9.97 Å². The van der Waals surface area contributed by atoms with Gasteiger partial charge in [-0.05, 0) is 49.4 Å². The average molecular weight is 419 g/mol. The highest BCUT2D eigenvalue weighted by Crippen LogP contribution is 2.35.